The highest BCUT2D eigenvalue weighted by atomic mass is 16.6. The molecular weight excluding hydrogens is 1500 g/mol. The molecule has 5 aliphatic rings. The lowest BCUT2D eigenvalue weighted by atomic mass is 9.81. The number of nitrogens with zero attached hydrogens (tertiary/aromatic N) is 5. The van der Waals surface area contributed by atoms with E-state index in [2.05, 4.69) is 21.3 Å². The Morgan fingerprint density at radius 2 is 1.16 bits per heavy atom. The second-order valence-corrected chi connectivity index (χ2v) is 29.7. The van der Waals surface area contributed by atoms with Crippen molar-refractivity contribution >= 4 is 77.1 Å². The van der Waals surface area contributed by atoms with Gasteiger partial charge in [-0.2, -0.15) is 0 Å². The summed E-state index contributed by atoms with van der Waals surface area (Å²) in [5, 5.41) is 23.0. The van der Waals surface area contributed by atoms with Gasteiger partial charge in [0.15, 0.2) is 29.2 Å². The number of aryl methyl sites for hydroxylation is 1. The normalized spacial score (nSPS) is 18.2. The number of amides is 9. The van der Waals surface area contributed by atoms with Crippen molar-refractivity contribution in [2.75, 3.05) is 156 Å². The molecule has 0 bridgehead atoms. The minimum atomic E-state index is -1.53. The summed E-state index contributed by atoms with van der Waals surface area (Å²) in [6, 6.07) is 10.2. The quantitative estimate of drug-likeness (QED) is 0.0153. The fourth-order valence-corrected chi connectivity index (χ4v) is 14.0. The number of ether oxygens (including phenoxy) is 13. The Balaban J connectivity index is 0.624. The number of likely N-dealkylation sites (tertiary alicyclic amines) is 1. The van der Waals surface area contributed by atoms with Crippen molar-refractivity contribution in [2.24, 2.45) is 22.7 Å². The summed E-state index contributed by atoms with van der Waals surface area (Å²) in [7, 11) is 3.02. The highest BCUT2D eigenvalue weighted by Crippen LogP contribution is 2.43. The summed E-state index contributed by atoms with van der Waals surface area (Å²) in [5.74, 6) is -1.15. The number of rotatable bonds is 52. The monoisotopic (exact) mass is 1620 g/mol. The first-order chi connectivity index (χ1) is 56.2. The standard InChI is InChI=1S/C84H121N9O23/c1-57(2)78(89-76(96)24-29-106-31-33-108-35-37-110-39-41-112-43-44-113-42-40-111-38-36-109-34-32-107-30-25-85-75(95)23-26-91-77(97)49-66(81(91)100)63-17-13-10-9-11-14-18-63)80(99)87-61(6)79(98)88-64-21-19-62(20-22-64)55-116-84(103)93-69-51-74(72(105-8)48-67(69)82(101)92-54-59(4)46-70(92)83(93)102)115-28-16-12-15-27-114-73-50-68(60(5)47-71(73)104-7)86-52-65-45-58(3)53-90(65)56-94/h19-22,47-48,50-54,56-57,61,63,65-66,70,78,83,102H,9-18,23-46,49,55H2,1-8H3,(H,85,95)(H,87,99)(H,88,98)(H,89,96)/t61?,65?,66?,70-,78+,83?/m1/s1. The van der Waals surface area contributed by atoms with Crippen LogP contribution in [0.2, 0.25) is 0 Å². The summed E-state index contributed by atoms with van der Waals surface area (Å²) < 4.78 is 74.0. The van der Waals surface area contributed by atoms with Gasteiger partial charge in [0.1, 0.15) is 18.7 Å². The van der Waals surface area contributed by atoms with E-state index in [0.29, 0.717) is 160 Å². The van der Waals surface area contributed by atoms with Crippen LogP contribution in [0.15, 0.2) is 77.1 Å². The van der Waals surface area contributed by atoms with E-state index in [1.54, 1.807) is 62.5 Å². The highest BCUT2D eigenvalue weighted by molar-refractivity contribution is 6.07. The van der Waals surface area contributed by atoms with Crippen molar-refractivity contribution in [1.82, 2.24) is 30.7 Å². The van der Waals surface area contributed by atoms with Gasteiger partial charge in [-0.15, -0.1) is 0 Å². The fourth-order valence-electron chi connectivity index (χ4n) is 14.0. The number of fused-ring (bicyclic) bond motifs is 2. The minimum Gasteiger partial charge on any atom is -0.493 e. The molecular formula is C84H121N9O23. The van der Waals surface area contributed by atoms with Crippen LogP contribution in [0.25, 0.3) is 0 Å². The molecule has 32 nitrogen and oxygen atoms in total. The van der Waals surface area contributed by atoms with Gasteiger partial charge in [-0.05, 0) is 120 Å². The average Bonchev–Trinajstić information content (AvgIpc) is 1.59. The van der Waals surface area contributed by atoms with E-state index < -0.39 is 54.1 Å². The van der Waals surface area contributed by atoms with Crippen molar-refractivity contribution in [3.05, 3.63) is 88.8 Å². The van der Waals surface area contributed by atoms with E-state index in [9.17, 15) is 48.3 Å². The third kappa shape index (κ3) is 29.5. The zero-order valence-electron chi connectivity index (χ0n) is 68.7. The second kappa shape index (κ2) is 49.8. The van der Waals surface area contributed by atoms with E-state index in [0.717, 1.165) is 53.7 Å². The Kier molecular flexibility index (Phi) is 39.7. The number of hydrogen-bond donors (Lipinski definition) is 5. The molecule has 2 fully saturated rings. The first kappa shape index (κ1) is 92.4. The van der Waals surface area contributed by atoms with Crippen LogP contribution < -0.4 is 45.1 Å². The van der Waals surface area contributed by atoms with Crippen LogP contribution in [0.3, 0.4) is 0 Å². The van der Waals surface area contributed by atoms with Gasteiger partial charge in [0.2, 0.25) is 41.9 Å². The Morgan fingerprint density at radius 1 is 0.603 bits per heavy atom. The zero-order chi connectivity index (χ0) is 83.1. The Morgan fingerprint density at radius 3 is 1.75 bits per heavy atom. The molecule has 4 aliphatic heterocycles. The Bertz CT molecular complexity index is 3760. The highest BCUT2D eigenvalue weighted by Gasteiger charge is 2.46. The van der Waals surface area contributed by atoms with E-state index >= 15 is 0 Å². The van der Waals surface area contributed by atoms with Crippen molar-refractivity contribution in [3.8, 4) is 23.0 Å². The molecule has 5 N–H and O–H groups in total. The number of benzene rings is 3. The lowest BCUT2D eigenvalue weighted by molar-refractivity contribution is -0.140. The predicted molar refractivity (Wildman–Crippen MR) is 430 cm³/mol. The Hall–Kier alpha value is -9.12. The molecule has 640 valence electrons. The summed E-state index contributed by atoms with van der Waals surface area (Å²) in [4.78, 5) is 128. The molecule has 116 heavy (non-hydrogen) atoms. The van der Waals surface area contributed by atoms with Gasteiger partial charge < -0.3 is 97.8 Å². The molecule has 1 aliphatic carbocycles. The molecule has 9 amide bonds. The minimum absolute atomic E-state index is 0.0134. The van der Waals surface area contributed by atoms with Crippen LogP contribution in [-0.2, 0) is 82.8 Å². The maximum absolute atomic E-state index is 14.3. The number of imide groups is 1. The molecule has 3 aromatic rings. The maximum Gasteiger partial charge on any atom is 0.416 e. The molecule has 0 spiro atoms. The Labute approximate surface area is 680 Å². The lowest BCUT2D eigenvalue weighted by Gasteiger charge is -2.31. The molecule has 8 rings (SSSR count). The van der Waals surface area contributed by atoms with Gasteiger partial charge in [-0.1, -0.05) is 69.2 Å². The number of carbonyl (C=O) groups is 9. The molecule has 1 saturated carbocycles. The number of nitrogens with one attached hydrogen (secondary N) is 4. The topological polar surface area (TPSA) is 367 Å². The van der Waals surface area contributed by atoms with Gasteiger partial charge in [0.25, 0.3) is 5.91 Å². The van der Waals surface area contributed by atoms with Gasteiger partial charge in [-0.25, -0.2) is 9.69 Å². The third-order valence-electron chi connectivity index (χ3n) is 20.4. The van der Waals surface area contributed by atoms with Crippen molar-refractivity contribution in [1.29, 1.82) is 0 Å². The van der Waals surface area contributed by atoms with Crippen molar-refractivity contribution in [3.63, 3.8) is 0 Å². The van der Waals surface area contributed by atoms with Crippen LogP contribution >= 0.6 is 0 Å². The van der Waals surface area contributed by atoms with Crippen LogP contribution in [-0.4, -0.2) is 257 Å². The third-order valence-corrected chi connectivity index (χ3v) is 20.4. The zero-order valence-corrected chi connectivity index (χ0v) is 68.7. The summed E-state index contributed by atoms with van der Waals surface area (Å²) in [6.45, 7) is 17.1. The number of unbranched alkanes of at least 4 members (excludes halogenated alkanes) is 2. The number of carbonyl (C=O) groups excluding carboxylic acids is 9. The first-order valence-electron chi connectivity index (χ1n) is 40.6. The van der Waals surface area contributed by atoms with E-state index in [1.807, 2.05) is 39.1 Å². The molecule has 0 radical (unpaired) electrons. The molecule has 3 aromatic carbocycles. The lowest BCUT2D eigenvalue weighted by Crippen LogP contribution is -2.53. The van der Waals surface area contributed by atoms with Crippen LogP contribution in [0, 0.1) is 24.7 Å². The molecule has 1 saturated heterocycles. The van der Waals surface area contributed by atoms with Gasteiger partial charge in [0, 0.05) is 68.8 Å². The van der Waals surface area contributed by atoms with Gasteiger partial charge in [0.05, 0.1) is 168 Å². The average molecular weight is 1620 g/mol. The molecule has 32 heteroatoms. The number of methoxy groups -OCH3 is 2. The van der Waals surface area contributed by atoms with Crippen LogP contribution in [0.1, 0.15) is 152 Å². The maximum atomic E-state index is 14.3. The second-order valence-electron chi connectivity index (χ2n) is 29.7. The number of aliphatic hydroxyl groups is 1. The largest absolute Gasteiger partial charge is 0.493 e. The molecule has 4 heterocycles. The van der Waals surface area contributed by atoms with Gasteiger partial charge in [-0.3, -0.25) is 48.2 Å². The molecule has 6 atom stereocenters. The van der Waals surface area contributed by atoms with E-state index in [-0.39, 0.29) is 123 Å². The van der Waals surface area contributed by atoms with Crippen molar-refractivity contribution < 1.29 is 110 Å². The number of anilines is 2. The number of hydrogen-bond acceptors (Lipinski definition) is 24. The number of aliphatic imine (C=N–C) groups is 1. The van der Waals surface area contributed by atoms with Crippen molar-refractivity contribution in [2.45, 2.75) is 175 Å². The van der Waals surface area contributed by atoms with Crippen LogP contribution in [0.5, 0.6) is 23.0 Å². The van der Waals surface area contributed by atoms with Crippen LogP contribution in [0.4, 0.5) is 21.9 Å². The summed E-state index contributed by atoms with van der Waals surface area (Å²) >= 11 is 0. The predicted octanol–water partition coefficient (Wildman–Crippen LogP) is 8.42. The van der Waals surface area contributed by atoms with E-state index in [1.165, 1.54) is 55.2 Å². The summed E-state index contributed by atoms with van der Waals surface area (Å²) in [5.41, 5.74) is 4.57. The van der Waals surface area contributed by atoms with Gasteiger partial charge >= 0.3 is 6.09 Å². The first-order valence-corrected chi connectivity index (χ1v) is 40.6. The van der Waals surface area contributed by atoms with E-state index in [4.69, 9.17) is 66.6 Å². The summed E-state index contributed by atoms with van der Waals surface area (Å²) in [6.07, 6.45) is 14.7. The fraction of sp³-hybridized carbons (Fsp3) is 0.619. The molecule has 4 unspecified atom stereocenters. The SMILES string of the molecule is COc1cc(C)c(N=CC2CC(C)=CN2C=O)cc1OCCCCCOc1cc2c(cc1OC)C(=O)N1C=C(C)C[C@@H]1C(O)N2C(=O)OCc1ccc(NC(=O)C(C)NC(=O)[C@@H](NC(=O)CCOCCOCCOCCOCCOCCOCCOCCOCCNC(=O)CCN2C(=O)CC(C3CCCCCCC3)C2=O)C(C)C)cc1. The smallest absolute Gasteiger partial charge is 0.416 e. The number of aliphatic hydroxyl groups excluding tert-OH is 1. The molecule has 0 aromatic heterocycles.